The second-order valence-electron chi connectivity index (χ2n) is 1.32. The molecule has 0 bridgehead atoms. The molecular formula is C4H8N2S. The first-order chi connectivity index (χ1) is 3.39. The van der Waals surface area contributed by atoms with Crippen LogP contribution in [-0.4, -0.2) is 12.3 Å². The van der Waals surface area contributed by atoms with Gasteiger partial charge in [-0.15, -0.1) is 11.8 Å². The monoisotopic (exact) mass is 116 g/mol. The predicted octanol–water partition coefficient (Wildman–Crippen LogP) is 0.299. The Morgan fingerprint density at radius 2 is 2.57 bits per heavy atom. The summed E-state index contributed by atoms with van der Waals surface area (Å²) in [6.07, 6.45) is 0. The van der Waals surface area contributed by atoms with Crippen LogP contribution in [-0.2, 0) is 0 Å². The largest absolute Gasteiger partial charge is 0.316 e. The van der Waals surface area contributed by atoms with Crippen molar-refractivity contribution in [3.8, 4) is 0 Å². The summed E-state index contributed by atoms with van der Waals surface area (Å²) in [5.41, 5.74) is 5.86. The van der Waals surface area contributed by atoms with E-state index in [-0.39, 0.29) is 0 Å². The van der Waals surface area contributed by atoms with Crippen LogP contribution in [0.4, 0.5) is 0 Å². The van der Waals surface area contributed by atoms with Gasteiger partial charge in [-0.05, 0) is 0 Å². The average Bonchev–Trinajstić information content (AvgIpc) is 1.69. The lowest BCUT2D eigenvalue weighted by atomic mass is 10.8. The number of hydrogen-bond acceptors (Lipinski definition) is 3. The Bertz CT molecular complexity index is 73.8. The summed E-state index contributed by atoms with van der Waals surface area (Å²) in [4.78, 5) is 0. The lowest BCUT2D eigenvalue weighted by molar-refractivity contribution is 0.641. The van der Waals surface area contributed by atoms with E-state index in [1.54, 1.807) is 11.8 Å². The predicted molar refractivity (Wildman–Crippen MR) is 32.7 cm³/mol. The van der Waals surface area contributed by atoms with E-state index in [1.165, 1.54) is 0 Å². The van der Waals surface area contributed by atoms with Crippen LogP contribution in [0.3, 0.4) is 0 Å². The van der Waals surface area contributed by atoms with Crippen molar-refractivity contribution in [2.24, 2.45) is 0 Å². The van der Waals surface area contributed by atoms with Gasteiger partial charge in [-0.25, -0.2) is 5.43 Å². The minimum Gasteiger partial charge on any atom is -0.316 e. The maximum atomic E-state index is 3.70. The summed E-state index contributed by atoms with van der Waals surface area (Å²) < 4.78 is 0. The van der Waals surface area contributed by atoms with Crippen LogP contribution < -0.4 is 10.9 Å². The molecule has 1 aliphatic rings. The third kappa shape index (κ3) is 1.41. The molecule has 2 nitrogen and oxygen atoms in total. The van der Waals surface area contributed by atoms with Crippen molar-refractivity contribution in [3.05, 3.63) is 11.6 Å². The van der Waals surface area contributed by atoms with Gasteiger partial charge in [-0.1, -0.05) is 6.58 Å². The van der Waals surface area contributed by atoms with E-state index in [0.717, 1.165) is 17.3 Å². The number of thioether (sulfide) groups is 1. The Morgan fingerprint density at radius 1 is 1.71 bits per heavy atom. The average molecular weight is 116 g/mol. The molecule has 3 heteroatoms. The van der Waals surface area contributed by atoms with Crippen LogP contribution in [0.2, 0.25) is 0 Å². The zero-order chi connectivity index (χ0) is 5.11. The SMILES string of the molecule is C=C1NNCCS1. The van der Waals surface area contributed by atoms with Crippen molar-refractivity contribution < 1.29 is 0 Å². The van der Waals surface area contributed by atoms with E-state index in [1.807, 2.05) is 0 Å². The van der Waals surface area contributed by atoms with Gasteiger partial charge in [0, 0.05) is 12.3 Å². The summed E-state index contributed by atoms with van der Waals surface area (Å²) in [5.74, 6) is 1.13. The summed E-state index contributed by atoms with van der Waals surface area (Å²) >= 11 is 1.75. The van der Waals surface area contributed by atoms with Crippen molar-refractivity contribution in [2.75, 3.05) is 12.3 Å². The summed E-state index contributed by atoms with van der Waals surface area (Å²) in [6.45, 7) is 4.73. The van der Waals surface area contributed by atoms with Crippen LogP contribution in [0.25, 0.3) is 0 Å². The molecule has 40 valence electrons. The quantitative estimate of drug-likeness (QED) is 0.476. The fourth-order valence-corrected chi connectivity index (χ4v) is 1.02. The van der Waals surface area contributed by atoms with Crippen molar-refractivity contribution in [2.45, 2.75) is 0 Å². The van der Waals surface area contributed by atoms with Gasteiger partial charge in [0.2, 0.25) is 0 Å². The lowest BCUT2D eigenvalue weighted by Crippen LogP contribution is -2.35. The molecule has 0 unspecified atom stereocenters. The minimum atomic E-state index is 1.02. The molecule has 1 saturated heterocycles. The van der Waals surface area contributed by atoms with Gasteiger partial charge < -0.3 is 5.43 Å². The van der Waals surface area contributed by atoms with E-state index in [0.29, 0.717) is 0 Å². The zero-order valence-electron chi connectivity index (χ0n) is 4.03. The highest BCUT2D eigenvalue weighted by Gasteiger charge is 1.97. The number of nitrogens with one attached hydrogen (secondary N) is 2. The molecule has 0 aromatic carbocycles. The Morgan fingerprint density at radius 3 is 2.86 bits per heavy atom. The fraction of sp³-hybridized carbons (Fsp3) is 0.500. The first-order valence-corrected chi connectivity index (χ1v) is 3.19. The Kier molecular flexibility index (Phi) is 1.59. The molecule has 0 atom stereocenters. The smallest absolute Gasteiger partial charge is 0.0751 e. The Hall–Kier alpha value is -0.150. The molecular weight excluding hydrogens is 108 g/mol. The van der Waals surface area contributed by atoms with E-state index in [9.17, 15) is 0 Å². The molecule has 7 heavy (non-hydrogen) atoms. The van der Waals surface area contributed by atoms with Crippen LogP contribution >= 0.6 is 11.8 Å². The van der Waals surface area contributed by atoms with Crippen LogP contribution in [0.15, 0.2) is 11.6 Å². The second kappa shape index (κ2) is 2.23. The van der Waals surface area contributed by atoms with E-state index < -0.39 is 0 Å². The van der Waals surface area contributed by atoms with Crippen molar-refractivity contribution in [1.82, 2.24) is 10.9 Å². The molecule has 0 aromatic rings. The molecule has 1 fully saturated rings. The summed E-state index contributed by atoms with van der Waals surface area (Å²) in [5, 5.41) is 1.02. The van der Waals surface area contributed by atoms with E-state index >= 15 is 0 Å². The maximum absolute atomic E-state index is 3.70. The maximum Gasteiger partial charge on any atom is 0.0751 e. The molecule has 1 heterocycles. The van der Waals surface area contributed by atoms with Gasteiger partial charge in [-0.3, -0.25) is 0 Å². The van der Waals surface area contributed by atoms with Crippen LogP contribution in [0.1, 0.15) is 0 Å². The molecule has 1 rings (SSSR count). The van der Waals surface area contributed by atoms with Gasteiger partial charge in [0.05, 0.1) is 5.03 Å². The summed E-state index contributed by atoms with van der Waals surface area (Å²) in [6, 6.07) is 0. The summed E-state index contributed by atoms with van der Waals surface area (Å²) in [7, 11) is 0. The van der Waals surface area contributed by atoms with Crippen molar-refractivity contribution >= 4 is 11.8 Å². The molecule has 0 aliphatic carbocycles. The Labute approximate surface area is 47.3 Å². The van der Waals surface area contributed by atoms with Crippen molar-refractivity contribution in [1.29, 1.82) is 0 Å². The second-order valence-corrected chi connectivity index (χ2v) is 2.51. The molecule has 0 radical (unpaired) electrons. The van der Waals surface area contributed by atoms with Crippen LogP contribution in [0, 0.1) is 0 Å². The highest BCUT2D eigenvalue weighted by atomic mass is 32.2. The van der Waals surface area contributed by atoms with Gasteiger partial charge in [0.25, 0.3) is 0 Å². The van der Waals surface area contributed by atoms with Gasteiger partial charge in [0.15, 0.2) is 0 Å². The molecule has 0 aromatic heterocycles. The van der Waals surface area contributed by atoms with Crippen molar-refractivity contribution in [3.63, 3.8) is 0 Å². The van der Waals surface area contributed by atoms with Gasteiger partial charge in [-0.2, -0.15) is 0 Å². The number of hydrogen-bond donors (Lipinski definition) is 2. The number of hydrazine groups is 1. The van der Waals surface area contributed by atoms with Gasteiger partial charge in [0.1, 0.15) is 0 Å². The molecule has 0 amide bonds. The lowest BCUT2D eigenvalue weighted by Gasteiger charge is -2.14. The Balaban J connectivity index is 2.25. The molecule has 0 spiro atoms. The topological polar surface area (TPSA) is 24.1 Å². The van der Waals surface area contributed by atoms with E-state index in [2.05, 4.69) is 17.4 Å². The molecule has 1 aliphatic heterocycles. The highest BCUT2D eigenvalue weighted by Crippen LogP contribution is 2.09. The first-order valence-electron chi connectivity index (χ1n) is 2.20. The minimum absolute atomic E-state index is 1.02. The first kappa shape index (κ1) is 5.00. The highest BCUT2D eigenvalue weighted by molar-refractivity contribution is 8.03. The third-order valence-corrected chi connectivity index (χ3v) is 1.59. The number of rotatable bonds is 0. The normalized spacial score (nSPS) is 21.4. The fourth-order valence-electron chi connectivity index (χ4n) is 0.422. The zero-order valence-corrected chi connectivity index (χ0v) is 4.85. The van der Waals surface area contributed by atoms with Gasteiger partial charge >= 0.3 is 0 Å². The van der Waals surface area contributed by atoms with E-state index in [4.69, 9.17) is 0 Å². The molecule has 2 N–H and O–H groups in total. The standard InChI is InChI=1S/C4H8N2S/c1-4-6-5-2-3-7-4/h5-6H,1-3H2. The molecule has 0 saturated carbocycles. The third-order valence-electron chi connectivity index (χ3n) is 0.731. The van der Waals surface area contributed by atoms with Crippen LogP contribution in [0.5, 0.6) is 0 Å².